The van der Waals surface area contributed by atoms with Gasteiger partial charge in [0.1, 0.15) is 5.82 Å². The zero-order valence-electron chi connectivity index (χ0n) is 23.1. The van der Waals surface area contributed by atoms with Crippen LogP contribution in [0.5, 0.6) is 0 Å². The summed E-state index contributed by atoms with van der Waals surface area (Å²) in [7, 11) is 0. The Hall–Kier alpha value is -3.36. The second kappa shape index (κ2) is 12.2. The zero-order valence-corrected chi connectivity index (χ0v) is 23.1. The lowest BCUT2D eigenvalue weighted by Crippen LogP contribution is -2.50. The molecule has 1 aromatic heterocycles. The molecule has 1 aromatic carbocycles. The number of hydrogen-bond acceptors (Lipinski definition) is 8. The monoisotopic (exact) mass is 533 g/mol. The minimum atomic E-state index is -1.94. The van der Waals surface area contributed by atoms with Gasteiger partial charge in [-0.1, -0.05) is 62.6 Å². The fourth-order valence-corrected chi connectivity index (χ4v) is 5.33. The van der Waals surface area contributed by atoms with Crippen molar-refractivity contribution in [3.8, 4) is 0 Å². The number of unbranched alkanes of at least 4 members (excludes halogenated alkanes) is 1. The average Bonchev–Trinajstić information content (AvgIpc) is 3.65. The summed E-state index contributed by atoms with van der Waals surface area (Å²) >= 11 is 0. The van der Waals surface area contributed by atoms with Crippen LogP contribution in [0.2, 0.25) is 0 Å². The van der Waals surface area contributed by atoms with Crippen molar-refractivity contribution in [2.24, 2.45) is 5.92 Å². The van der Waals surface area contributed by atoms with E-state index in [0.717, 1.165) is 49.8 Å². The van der Waals surface area contributed by atoms with Gasteiger partial charge in [0, 0.05) is 36.2 Å². The number of hydrogen-bond donors (Lipinski definition) is 2. The van der Waals surface area contributed by atoms with Crippen LogP contribution in [0.15, 0.2) is 54.2 Å². The van der Waals surface area contributed by atoms with Gasteiger partial charge in [-0.25, -0.2) is 9.78 Å². The molecule has 2 heterocycles. The number of allylic oxidation sites excluding steroid dienone is 1. The molecule has 2 aliphatic rings. The maximum absolute atomic E-state index is 13.7. The summed E-state index contributed by atoms with van der Waals surface area (Å²) in [6.45, 7) is 7.81. The minimum absolute atomic E-state index is 0.113. The second-order valence-corrected chi connectivity index (χ2v) is 10.6. The molecule has 208 valence electrons. The van der Waals surface area contributed by atoms with Crippen LogP contribution >= 0.6 is 0 Å². The number of rotatable bonds is 14. The number of nitrogens with one attached hydrogen (secondary N) is 1. The topological polar surface area (TPSA) is 124 Å². The number of esters is 1. The molecule has 0 saturated carbocycles. The van der Waals surface area contributed by atoms with E-state index in [-0.39, 0.29) is 35.9 Å². The summed E-state index contributed by atoms with van der Waals surface area (Å²) in [5.41, 5.74) is 4.83. The molecule has 39 heavy (non-hydrogen) atoms. The Bertz CT molecular complexity index is 1250. The zero-order chi connectivity index (χ0) is 28.0. The third-order valence-electron chi connectivity index (χ3n) is 7.74. The number of aromatic nitrogens is 1. The fraction of sp³-hybridized carbons (Fsp3) is 0.484. The van der Waals surface area contributed by atoms with E-state index in [1.54, 1.807) is 30.5 Å². The van der Waals surface area contributed by atoms with Gasteiger partial charge in [-0.05, 0) is 50.4 Å². The molecule has 1 fully saturated rings. The van der Waals surface area contributed by atoms with E-state index in [0.29, 0.717) is 12.4 Å². The van der Waals surface area contributed by atoms with Crippen LogP contribution in [-0.4, -0.2) is 53.4 Å². The van der Waals surface area contributed by atoms with Crippen LogP contribution in [0.3, 0.4) is 0 Å². The van der Waals surface area contributed by atoms with Gasteiger partial charge in [0.2, 0.25) is 5.78 Å². The Morgan fingerprint density at radius 3 is 2.62 bits per heavy atom. The number of ether oxygens (including phenoxy) is 2. The molecule has 0 amide bonds. The average molecular weight is 534 g/mol. The van der Waals surface area contributed by atoms with Crippen molar-refractivity contribution < 1.29 is 23.9 Å². The molecule has 0 spiro atoms. The van der Waals surface area contributed by atoms with Gasteiger partial charge >= 0.3 is 5.97 Å². The SMILES string of the molecule is CCCC[C@H](CNCC)COC(=O)[C@]12O[C@@]1(C/C=C(\C)CCc1ccnc(N)c1)C(=O)c1ccccc1C2=O. The number of nitrogens with zero attached hydrogens (tertiary/aromatic N) is 1. The van der Waals surface area contributed by atoms with Gasteiger partial charge in [0.05, 0.1) is 6.61 Å². The van der Waals surface area contributed by atoms with Crippen LogP contribution in [-0.2, 0) is 20.7 Å². The van der Waals surface area contributed by atoms with Crippen LogP contribution < -0.4 is 11.1 Å². The summed E-state index contributed by atoms with van der Waals surface area (Å²) in [6, 6.07) is 10.3. The summed E-state index contributed by atoms with van der Waals surface area (Å²) < 4.78 is 11.7. The molecule has 3 atom stereocenters. The number of Topliss-reactive ketones (excluding diaryl/α,β-unsaturated/α-hetero) is 2. The first-order chi connectivity index (χ1) is 18.8. The Labute approximate surface area is 230 Å². The van der Waals surface area contributed by atoms with Crippen molar-refractivity contribution in [2.75, 3.05) is 25.4 Å². The van der Waals surface area contributed by atoms with Crippen LogP contribution in [0.25, 0.3) is 0 Å². The highest BCUT2D eigenvalue weighted by Gasteiger charge is 2.85. The Morgan fingerprint density at radius 2 is 1.92 bits per heavy atom. The number of aryl methyl sites for hydroxylation is 1. The number of epoxide rings is 1. The lowest BCUT2D eigenvalue weighted by molar-refractivity contribution is -0.149. The first kappa shape index (κ1) is 28.6. The molecule has 0 bridgehead atoms. The molecular formula is C31H39N3O5. The summed E-state index contributed by atoms with van der Waals surface area (Å²) in [5, 5.41) is 3.31. The normalized spacial score (nSPS) is 22.7. The molecule has 8 heteroatoms. The number of carbonyl (C=O) groups is 3. The lowest BCUT2D eigenvalue weighted by atomic mass is 9.72. The molecule has 1 aliphatic carbocycles. The molecule has 0 radical (unpaired) electrons. The van der Waals surface area contributed by atoms with Crippen molar-refractivity contribution in [2.45, 2.75) is 70.5 Å². The Kier molecular flexibility index (Phi) is 8.97. The molecule has 3 N–H and O–H groups in total. The molecule has 8 nitrogen and oxygen atoms in total. The van der Waals surface area contributed by atoms with Crippen molar-refractivity contribution >= 4 is 23.4 Å². The first-order valence-electron chi connectivity index (χ1n) is 13.9. The third kappa shape index (κ3) is 5.68. The number of carbonyl (C=O) groups excluding carboxylic acids is 3. The van der Waals surface area contributed by atoms with E-state index in [1.807, 2.05) is 32.1 Å². The van der Waals surface area contributed by atoms with Gasteiger partial charge in [0.25, 0.3) is 5.60 Å². The van der Waals surface area contributed by atoms with Gasteiger partial charge < -0.3 is 20.5 Å². The quantitative estimate of drug-likeness (QED) is 0.158. The third-order valence-corrected chi connectivity index (χ3v) is 7.74. The number of fused-ring (bicyclic) bond motifs is 2. The van der Waals surface area contributed by atoms with Gasteiger partial charge in [-0.2, -0.15) is 0 Å². The predicted molar refractivity (Wildman–Crippen MR) is 150 cm³/mol. The largest absolute Gasteiger partial charge is 0.463 e. The number of anilines is 1. The number of pyridine rings is 1. The minimum Gasteiger partial charge on any atom is -0.463 e. The van der Waals surface area contributed by atoms with Gasteiger partial charge in [-0.3, -0.25) is 9.59 Å². The van der Waals surface area contributed by atoms with Crippen molar-refractivity contribution in [3.05, 3.63) is 70.9 Å². The van der Waals surface area contributed by atoms with E-state index in [2.05, 4.69) is 17.2 Å². The standard InChI is InChI=1S/C31H39N3O5/c1-4-6-9-23(19-33-5-2)20-38-29(37)31-28(36)25-11-8-7-10-24(25)27(35)30(31,39-31)16-14-21(3)12-13-22-15-17-34-26(32)18-22/h7-8,10-11,14-15,17-18,23,33H,4-6,9,12-13,16,19-20H2,1-3H3,(H2,32,34)/b21-14+/t23-,30+,31+/m1/s1. The van der Waals surface area contributed by atoms with E-state index >= 15 is 0 Å². The highest BCUT2D eigenvalue weighted by molar-refractivity contribution is 6.32. The Balaban J connectivity index is 1.54. The number of ketones is 2. The maximum Gasteiger partial charge on any atom is 0.350 e. The first-order valence-corrected chi connectivity index (χ1v) is 13.9. The van der Waals surface area contributed by atoms with Crippen molar-refractivity contribution in [1.82, 2.24) is 10.3 Å². The smallest absolute Gasteiger partial charge is 0.350 e. The second-order valence-electron chi connectivity index (χ2n) is 10.6. The highest BCUT2D eigenvalue weighted by Crippen LogP contribution is 2.58. The van der Waals surface area contributed by atoms with Crippen LogP contribution in [0, 0.1) is 5.92 Å². The van der Waals surface area contributed by atoms with Crippen LogP contribution in [0.1, 0.15) is 79.2 Å². The molecule has 4 rings (SSSR count). The lowest BCUT2D eigenvalue weighted by Gasteiger charge is -2.24. The molecule has 1 aliphatic heterocycles. The molecule has 0 unspecified atom stereocenters. The summed E-state index contributed by atoms with van der Waals surface area (Å²) in [6.07, 6.45) is 8.11. The summed E-state index contributed by atoms with van der Waals surface area (Å²) in [4.78, 5) is 45.1. The van der Waals surface area contributed by atoms with Crippen molar-refractivity contribution in [1.29, 1.82) is 0 Å². The Morgan fingerprint density at radius 1 is 1.18 bits per heavy atom. The van der Waals surface area contributed by atoms with Gasteiger partial charge in [0.15, 0.2) is 11.4 Å². The van der Waals surface area contributed by atoms with E-state index in [4.69, 9.17) is 15.2 Å². The fourth-order valence-electron chi connectivity index (χ4n) is 5.33. The van der Waals surface area contributed by atoms with Crippen molar-refractivity contribution in [3.63, 3.8) is 0 Å². The highest BCUT2D eigenvalue weighted by atomic mass is 16.7. The predicted octanol–water partition coefficient (Wildman–Crippen LogP) is 4.48. The number of nitrogen functional groups attached to an aromatic ring is 1. The molecular weight excluding hydrogens is 494 g/mol. The number of nitrogens with two attached hydrogens (primary N) is 1. The van der Waals surface area contributed by atoms with Gasteiger partial charge in [-0.15, -0.1) is 0 Å². The van der Waals surface area contributed by atoms with E-state index < -0.39 is 23.0 Å². The van der Waals surface area contributed by atoms with Crippen LogP contribution in [0.4, 0.5) is 5.82 Å². The molecule has 2 aromatic rings. The van der Waals surface area contributed by atoms with E-state index in [9.17, 15) is 14.4 Å². The number of benzene rings is 1. The molecule has 1 saturated heterocycles. The van der Waals surface area contributed by atoms with E-state index in [1.165, 1.54) is 0 Å². The maximum atomic E-state index is 13.7. The summed E-state index contributed by atoms with van der Waals surface area (Å²) in [5.74, 6) is -1.04.